The molecule has 108 valence electrons. The van der Waals surface area contributed by atoms with Crippen LogP contribution in [0.25, 0.3) is 11.1 Å². The lowest BCUT2D eigenvalue weighted by Gasteiger charge is -2.12. The summed E-state index contributed by atoms with van der Waals surface area (Å²) < 4.78 is 0. The van der Waals surface area contributed by atoms with Gasteiger partial charge in [0.05, 0.1) is 0 Å². The molecular formula is C19H16N2O. The molecule has 1 aromatic heterocycles. The quantitative estimate of drug-likeness (QED) is 0.780. The summed E-state index contributed by atoms with van der Waals surface area (Å²) in [5, 5.41) is 2.99. The number of carbonyl (C=O) groups excluding carboxylic acids is 1. The van der Waals surface area contributed by atoms with E-state index in [0.717, 1.165) is 22.4 Å². The maximum absolute atomic E-state index is 12.3. The molecule has 3 aromatic rings. The van der Waals surface area contributed by atoms with Crippen molar-refractivity contribution in [2.75, 3.05) is 5.32 Å². The molecule has 0 aliphatic carbocycles. The lowest BCUT2D eigenvalue weighted by atomic mass is 10.0. The Kier molecular flexibility index (Phi) is 3.97. The molecule has 0 spiro atoms. The molecule has 3 heteroatoms. The Bertz CT molecular complexity index is 783. The molecule has 1 N–H and O–H groups in total. The van der Waals surface area contributed by atoms with E-state index in [1.165, 1.54) is 0 Å². The van der Waals surface area contributed by atoms with Crippen molar-refractivity contribution in [3.05, 3.63) is 84.2 Å². The molecule has 0 aliphatic rings. The summed E-state index contributed by atoms with van der Waals surface area (Å²) in [6, 6.07) is 19.5. The Morgan fingerprint density at radius 1 is 0.955 bits per heavy atom. The van der Waals surface area contributed by atoms with Crippen molar-refractivity contribution in [1.29, 1.82) is 0 Å². The first-order chi connectivity index (χ1) is 10.7. The summed E-state index contributed by atoms with van der Waals surface area (Å²) in [5.41, 5.74) is 4.65. The van der Waals surface area contributed by atoms with Gasteiger partial charge >= 0.3 is 0 Å². The number of hydrogen-bond acceptors (Lipinski definition) is 2. The van der Waals surface area contributed by atoms with Gasteiger partial charge in [-0.3, -0.25) is 9.78 Å². The Balaban J connectivity index is 1.96. The fraction of sp³-hybridized carbons (Fsp3) is 0.0526. The van der Waals surface area contributed by atoms with E-state index in [-0.39, 0.29) is 5.91 Å². The van der Waals surface area contributed by atoms with Gasteiger partial charge in [0, 0.05) is 29.2 Å². The minimum absolute atomic E-state index is 0.136. The number of nitrogens with one attached hydrogen (secondary N) is 1. The maximum atomic E-state index is 12.3. The van der Waals surface area contributed by atoms with E-state index < -0.39 is 0 Å². The first kappa shape index (κ1) is 14.0. The van der Waals surface area contributed by atoms with Gasteiger partial charge in [0.2, 0.25) is 0 Å². The van der Waals surface area contributed by atoms with Crippen LogP contribution in [0, 0.1) is 6.92 Å². The average Bonchev–Trinajstić information content (AvgIpc) is 2.58. The average molecular weight is 288 g/mol. The molecule has 3 rings (SSSR count). The third kappa shape index (κ3) is 3.04. The zero-order valence-corrected chi connectivity index (χ0v) is 12.3. The molecule has 0 saturated carbocycles. The van der Waals surface area contributed by atoms with Crippen LogP contribution in [-0.4, -0.2) is 10.9 Å². The van der Waals surface area contributed by atoms with Gasteiger partial charge in [0.25, 0.3) is 5.91 Å². The van der Waals surface area contributed by atoms with Crippen molar-refractivity contribution < 1.29 is 4.79 Å². The molecule has 22 heavy (non-hydrogen) atoms. The molecule has 0 aliphatic heterocycles. The summed E-state index contributed by atoms with van der Waals surface area (Å²) in [7, 11) is 0. The van der Waals surface area contributed by atoms with Crippen LogP contribution in [0.15, 0.2) is 73.1 Å². The monoisotopic (exact) mass is 288 g/mol. The van der Waals surface area contributed by atoms with Crippen LogP contribution in [-0.2, 0) is 0 Å². The van der Waals surface area contributed by atoms with E-state index in [1.54, 1.807) is 24.5 Å². The van der Waals surface area contributed by atoms with E-state index >= 15 is 0 Å². The third-order valence-electron chi connectivity index (χ3n) is 3.45. The highest BCUT2D eigenvalue weighted by Gasteiger charge is 2.10. The minimum atomic E-state index is -0.136. The second-order valence-corrected chi connectivity index (χ2v) is 5.11. The van der Waals surface area contributed by atoms with Gasteiger partial charge in [-0.2, -0.15) is 0 Å². The van der Waals surface area contributed by atoms with Crippen molar-refractivity contribution in [2.24, 2.45) is 0 Å². The predicted molar refractivity (Wildman–Crippen MR) is 88.8 cm³/mol. The summed E-state index contributed by atoms with van der Waals surface area (Å²) in [4.78, 5) is 16.3. The zero-order valence-electron chi connectivity index (χ0n) is 12.3. The van der Waals surface area contributed by atoms with E-state index in [4.69, 9.17) is 0 Å². The van der Waals surface area contributed by atoms with E-state index in [9.17, 15) is 4.79 Å². The molecule has 1 amide bonds. The number of carbonyl (C=O) groups is 1. The number of anilines is 1. The van der Waals surface area contributed by atoms with Crippen LogP contribution in [0.4, 0.5) is 5.69 Å². The van der Waals surface area contributed by atoms with Gasteiger partial charge in [-0.25, -0.2) is 0 Å². The maximum Gasteiger partial charge on any atom is 0.255 e. The SMILES string of the molecule is Cc1ccc(NC(=O)c2ccncc2)c(-c2ccccc2)c1. The van der Waals surface area contributed by atoms with Gasteiger partial charge in [-0.15, -0.1) is 0 Å². The smallest absolute Gasteiger partial charge is 0.255 e. The second-order valence-electron chi connectivity index (χ2n) is 5.11. The molecule has 1 heterocycles. The van der Waals surface area contributed by atoms with Gasteiger partial charge in [0.15, 0.2) is 0 Å². The van der Waals surface area contributed by atoms with Crippen molar-refractivity contribution in [3.8, 4) is 11.1 Å². The number of pyridine rings is 1. The van der Waals surface area contributed by atoms with Crippen molar-refractivity contribution in [2.45, 2.75) is 6.92 Å². The van der Waals surface area contributed by atoms with Gasteiger partial charge in [-0.05, 0) is 36.8 Å². The summed E-state index contributed by atoms with van der Waals surface area (Å²) in [6.07, 6.45) is 3.23. The number of hydrogen-bond donors (Lipinski definition) is 1. The van der Waals surface area contributed by atoms with Crippen molar-refractivity contribution in [3.63, 3.8) is 0 Å². The number of benzene rings is 2. The molecule has 2 aromatic carbocycles. The van der Waals surface area contributed by atoms with E-state index in [2.05, 4.69) is 16.4 Å². The van der Waals surface area contributed by atoms with Crippen LogP contribution >= 0.6 is 0 Å². The lowest BCUT2D eigenvalue weighted by molar-refractivity contribution is 0.102. The Morgan fingerprint density at radius 2 is 1.68 bits per heavy atom. The first-order valence-corrected chi connectivity index (χ1v) is 7.11. The molecule has 0 fully saturated rings. The number of amides is 1. The first-order valence-electron chi connectivity index (χ1n) is 7.11. The van der Waals surface area contributed by atoms with Gasteiger partial charge in [0.1, 0.15) is 0 Å². The highest BCUT2D eigenvalue weighted by molar-refractivity contribution is 6.06. The molecule has 0 radical (unpaired) electrons. The van der Waals surface area contributed by atoms with Crippen LogP contribution in [0.3, 0.4) is 0 Å². The summed E-state index contributed by atoms with van der Waals surface area (Å²) in [6.45, 7) is 2.04. The zero-order chi connectivity index (χ0) is 15.4. The molecular weight excluding hydrogens is 272 g/mol. The van der Waals surface area contributed by atoms with Crippen LogP contribution in [0.2, 0.25) is 0 Å². The van der Waals surface area contributed by atoms with E-state index in [1.807, 2.05) is 49.4 Å². The molecule has 0 saturated heterocycles. The summed E-state index contributed by atoms with van der Waals surface area (Å²) >= 11 is 0. The molecule has 3 nitrogen and oxygen atoms in total. The fourth-order valence-electron chi connectivity index (χ4n) is 2.32. The highest BCUT2D eigenvalue weighted by Crippen LogP contribution is 2.29. The van der Waals surface area contributed by atoms with Crippen molar-refractivity contribution >= 4 is 11.6 Å². The third-order valence-corrected chi connectivity index (χ3v) is 3.45. The standard InChI is InChI=1S/C19H16N2O/c1-14-7-8-18(17(13-14)15-5-3-2-4-6-15)21-19(22)16-9-11-20-12-10-16/h2-13H,1H3,(H,21,22). The Morgan fingerprint density at radius 3 is 2.41 bits per heavy atom. The summed E-state index contributed by atoms with van der Waals surface area (Å²) in [5.74, 6) is -0.136. The molecule has 0 unspecified atom stereocenters. The second kappa shape index (κ2) is 6.22. The Labute approximate surface area is 129 Å². The van der Waals surface area contributed by atoms with E-state index in [0.29, 0.717) is 5.56 Å². The lowest BCUT2D eigenvalue weighted by Crippen LogP contribution is -2.12. The predicted octanol–water partition coefficient (Wildman–Crippen LogP) is 4.31. The topological polar surface area (TPSA) is 42.0 Å². The van der Waals surface area contributed by atoms with Crippen molar-refractivity contribution in [1.82, 2.24) is 4.98 Å². The van der Waals surface area contributed by atoms with Crippen LogP contribution in [0.5, 0.6) is 0 Å². The molecule has 0 bridgehead atoms. The van der Waals surface area contributed by atoms with Crippen LogP contribution in [0.1, 0.15) is 15.9 Å². The fourth-order valence-corrected chi connectivity index (χ4v) is 2.32. The minimum Gasteiger partial charge on any atom is -0.321 e. The van der Waals surface area contributed by atoms with Crippen LogP contribution < -0.4 is 5.32 Å². The normalized spacial score (nSPS) is 10.2. The highest BCUT2D eigenvalue weighted by atomic mass is 16.1. The Hall–Kier alpha value is -2.94. The number of nitrogens with zero attached hydrogens (tertiary/aromatic N) is 1. The number of aryl methyl sites for hydroxylation is 1. The number of aromatic nitrogens is 1. The largest absolute Gasteiger partial charge is 0.321 e. The number of rotatable bonds is 3. The molecule has 0 atom stereocenters. The van der Waals surface area contributed by atoms with Gasteiger partial charge < -0.3 is 5.32 Å². The van der Waals surface area contributed by atoms with Gasteiger partial charge in [-0.1, -0.05) is 42.0 Å².